The fourth-order valence-corrected chi connectivity index (χ4v) is 6.19. The molecule has 2 aromatic rings. The summed E-state index contributed by atoms with van der Waals surface area (Å²) in [6, 6.07) is 6.71. The van der Waals surface area contributed by atoms with Gasteiger partial charge >= 0.3 is 13.8 Å². The summed E-state index contributed by atoms with van der Waals surface area (Å²) in [6.45, 7) is -1.67. The topological polar surface area (TPSA) is 170 Å². The number of nitrogens with one attached hydrogen (secondary N) is 2. The number of phosphoric acid groups is 1. The minimum absolute atomic E-state index is 0.105. The highest BCUT2D eigenvalue weighted by molar-refractivity contribution is 7.46. The van der Waals surface area contributed by atoms with E-state index >= 15 is 0 Å². The van der Waals surface area contributed by atoms with E-state index in [1.165, 1.54) is 24.3 Å². The number of ether oxygens (including phenoxy) is 3. The molecule has 4 N–H and O–H groups in total. The smallest absolute Gasteiger partial charge is 0.473 e. The van der Waals surface area contributed by atoms with E-state index in [4.69, 9.17) is 41.9 Å². The second kappa shape index (κ2) is 15.1. The molecule has 0 aromatic heterocycles. The Kier molecular flexibility index (Phi) is 11.7. The van der Waals surface area contributed by atoms with Crippen molar-refractivity contribution in [3.05, 3.63) is 58.1 Å². The van der Waals surface area contributed by atoms with E-state index in [0.29, 0.717) is 12.3 Å². The molecule has 5 rings (SSSR count). The first kappa shape index (κ1) is 34.9. The molecule has 246 valence electrons. The fraction of sp³-hybridized carbons (Fsp3) is 0.464. The molecule has 3 aliphatic rings. The third kappa shape index (κ3) is 10.5. The number of hydrogen-bond donors (Lipinski definition) is 4. The Morgan fingerprint density at radius 3 is 1.82 bits per heavy atom. The van der Waals surface area contributed by atoms with Crippen molar-refractivity contribution in [2.24, 2.45) is 11.8 Å². The van der Waals surface area contributed by atoms with Gasteiger partial charge in [-0.05, 0) is 68.2 Å². The van der Waals surface area contributed by atoms with Crippen molar-refractivity contribution in [1.82, 2.24) is 10.6 Å². The molecule has 0 spiro atoms. The molecule has 3 fully saturated rings. The number of hydrogen-bond acceptors (Lipinski definition) is 8. The van der Waals surface area contributed by atoms with Crippen molar-refractivity contribution in [1.29, 1.82) is 0 Å². The van der Waals surface area contributed by atoms with Crippen LogP contribution in [-0.4, -0.2) is 52.7 Å². The van der Waals surface area contributed by atoms with E-state index in [0.717, 1.165) is 37.8 Å². The number of benzene rings is 2. The maximum Gasteiger partial charge on any atom is 0.473 e. The molecule has 0 radical (unpaired) electrons. The molecule has 1 atom stereocenters. The van der Waals surface area contributed by atoms with E-state index in [2.05, 4.69) is 10.6 Å². The van der Waals surface area contributed by atoms with Crippen LogP contribution in [0.15, 0.2) is 36.4 Å². The van der Waals surface area contributed by atoms with Crippen molar-refractivity contribution in [2.75, 3.05) is 13.2 Å². The van der Waals surface area contributed by atoms with E-state index in [1.807, 2.05) is 0 Å². The van der Waals surface area contributed by atoms with Gasteiger partial charge in [-0.25, -0.2) is 17.9 Å². The van der Waals surface area contributed by atoms with Crippen molar-refractivity contribution in [3.63, 3.8) is 0 Å². The van der Waals surface area contributed by atoms with Crippen molar-refractivity contribution < 1.29 is 56.3 Å². The quantitative estimate of drug-likeness (QED) is 0.124. The highest BCUT2D eigenvalue weighted by atomic mass is 35.5. The lowest BCUT2D eigenvalue weighted by molar-refractivity contribution is -0.161. The fourth-order valence-electron chi connectivity index (χ4n) is 5.37. The summed E-state index contributed by atoms with van der Waals surface area (Å²) in [5, 5.41) is 3.90. The summed E-state index contributed by atoms with van der Waals surface area (Å²) < 4.78 is 60.6. The zero-order chi connectivity index (χ0) is 32.8. The molecule has 2 aromatic carbocycles. The van der Waals surface area contributed by atoms with Crippen LogP contribution >= 0.6 is 31.0 Å². The Balaban J connectivity index is 1.48. The summed E-state index contributed by atoms with van der Waals surface area (Å²) in [5.41, 5.74) is 0. The molecule has 0 saturated heterocycles. The largest absolute Gasteiger partial charge is 0.484 e. The van der Waals surface area contributed by atoms with Crippen LogP contribution in [0.2, 0.25) is 10.0 Å². The number of fused-ring (bicyclic) bond motifs is 3. The zero-order valence-corrected chi connectivity index (χ0v) is 26.1. The first-order chi connectivity index (χ1) is 21.2. The third-order valence-electron chi connectivity index (χ3n) is 7.43. The monoisotopic (exact) mass is 694 g/mol. The molecule has 45 heavy (non-hydrogen) atoms. The van der Waals surface area contributed by atoms with Gasteiger partial charge in [0.05, 0.1) is 16.5 Å². The van der Waals surface area contributed by atoms with Gasteiger partial charge in [0, 0.05) is 18.6 Å². The van der Waals surface area contributed by atoms with Crippen LogP contribution < -0.4 is 20.1 Å². The van der Waals surface area contributed by atoms with Gasteiger partial charge in [-0.2, -0.15) is 0 Å². The standard InChI is InChI=1S/C28H31Cl2F2N2O10P/c29-20-7-5-18(12-22(20)31)41-14-25(35)33-28(44-45(38,39)40,34-26(36)15-42-19-6-8-21(30)23(32)13-19)10-9-27(37)43-24-11-16-1-3-17(24)4-2-16/h5-8,12-13,16-17,24H,1-4,9-11,14-15H2,(H,33,35)(H,34,36)(H2,38,39,40). The number of rotatable bonds is 14. The highest BCUT2D eigenvalue weighted by Crippen LogP contribution is 2.43. The van der Waals surface area contributed by atoms with Crippen LogP contribution in [0.25, 0.3) is 0 Å². The van der Waals surface area contributed by atoms with Gasteiger partial charge in [0.15, 0.2) is 13.2 Å². The third-order valence-corrected chi connectivity index (χ3v) is 8.59. The molecule has 0 heterocycles. The van der Waals surface area contributed by atoms with Gasteiger partial charge in [0.2, 0.25) is 5.85 Å². The highest BCUT2D eigenvalue weighted by Gasteiger charge is 2.43. The number of carbonyl (C=O) groups is 3. The summed E-state index contributed by atoms with van der Waals surface area (Å²) in [6.07, 6.45) is 3.13. The maximum atomic E-state index is 13.8. The first-order valence-electron chi connectivity index (χ1n) is 13.9. The molecule has 2 bridgehead atoms. The average molecular weight is 695 g/mol. The van der Waals surface area contributed by atoms with Crippen molar-refractivity contribution in [2.45, 2.75) is 56.9 Å². The minimum Gasteiger partial charge on any atom is -0.484 e. The van der Waals surface area contributed by atoms with Crippen LogP contribution in [0.5, 0.6) is 11.5 Å². The van der Waals surface area contributed by atoms with Crippen LogP contribution in [0.1, 0.15) is 44.9 Å². The lowest BCUT2D eigenvalue weighted by atomic mass is 9.69. The second-order valence-corrected chi connectivity index (χ2v) is 12.8. The number of halogens is 4. The van der Waals surface area contributed by atoms with Gasteiger partial charge < -0.3 is 34.6 Å². The Morgan fingerprint density at radius 1 is 0.889 bits per heavy atom. The number of phosphoric ester groups is 1. The molecular formula is C28H31Cl2F2N2O10P. The number of carbonyl (C=O) groups excluding carboxylic acids is 3. The van der Waals surface area contributed by atoms with Gasteiger partial charge in [-0.15, -0.1) is 0 Å². The lowest BCUT2D eigenvalue weighted by Crippen LogP contribution is -2.63. The summed E-state index contributed by atoms with van der Waals surface area (Å²) in [7, 11) is -5.47. The Labute approximate surface area is 266 Å². The van der Waals surface area contributed by atoms with E-state index < -0.39 is 69.1 Å². The van der Waals surface area contributed by atoms with Gasteiger partial charge in [-0.3, -0.25) is 14.4 Å². The molecule has 3 saturated carbocycles. The molecule has 0 aliphatic heterocycles. The predicted octanol–water partition coefficient (Wildman–Crippen LogP) is 4.63. The van der Waals surface area contributed by atoms with Gasteiger partial charge in [0.1, 0.15) is 29.2 Å². The molecule has 2 amide bonds. The van der Waals surface area contributed by atoms with Crippen LogP contribution in [0, 0.1) is 23.5 Å². The molecule has 17 heteroatoms. The van der Waals surface area contributed by atoms with E-state index in [9.17, 15) is 37.5 Å². The SMILES string of the molecule is O=C(COc1ccc(Cl)c(F)c1)NC(CCC(=O)OC1CC2CCC1CC2)(NC(=O)COc1ccc(Cl)c(F)c1)OP(=O)(O)O. The summed E-state index contributed by atoms with van der Waals surface area (Å²) in [5.74, 6) is -6.80. The molecular weight excluding hydrogens is 664 g/mol. The Hall–Kier alpha value is -3.00. The first-order valence-corrected chi connectivity index (χ1v) is 16.2. The maximum absolute atomic E-state index is 13.8. The van der Waals surface area contributed by atoms with Crippen LogP contribution in [0.3, 0.4) is 0 Å². The van der Waals surface area contributed by atoms with Crippen LogP contribution in [-0.2, 0) is 28.2 Å². The van der Waals surface area contributed by atoms with E-state index in [1.54, 1.807) is 0 Å². The number of amides is 2. The lowest BCUT2D eigenvalue weighted by Gasteiger charge is -2.41. The predicted molar refractivity (Wildman–Crippen MR) is 155 cm³/mol. The van der Waals surface area contributed by atoms with Crippen molar-refractivity contribution in [3.8, 4) is 11.5 Å². The second-order valence-electron chi connectivity index (χ2n) is 10.8. The van der Waals surface area contributed by atoms with Gasteiger partial charge in [-0.1, -0.05) is 23.2 Å². The van der Waals surface area contributed by atoms with E-state index in [-0.39, 0.29) is 33.6 Å². The Bertz CT molecular complexity index is 1380. The summed E-state index contributed by atoms with van der Waals surface area (Å²) in [4.78, 5) is 58.1. The molecule has 12 nitrogen and oxygen atoms in total. The number of esters is 1. The molecule has 3 aliphatic carbocycles. The zero-order valence-electron chi connectivity index (χ0n) is 23.7. The van der Waals surface area contributed by atoms with Crippen LogP contribution in [0.4, 0.5) is 8.78 Å². The average Bonchev–Trinajstić information content (AvgIpc) is 2.97. The minimum atomic E-state index is -5.47. The normalized spacial score (nSPS) is 19.5. The molecule has 1 unspecified atom stereocenters. The van der Waals surface area contributed by atoms with Crippen molar-refractivity contribution >= 4 is 48.8 Å². The Morgan fingerprint density at radius 2 is 1.40 bits per heavy atom. The summed E-state index contributed by atoms with van der Waals surface area (Å²) >= 11 is 11.3. The van der Waals surface area contributed by atoms with Gasteiger partial charge in [0.25, 0.3) is 11.8 Å².